The Hall–Kier alpha value is -1.82. The second kappa shape index (κ2) is 6.38. The van der Waals surface area contributed by atoms with Gasteiger partial charge in [-0.15, -0.1) is 0 Å². The molecule has 0 aliphatic carbocycles. The van der Waals surface area contributed by atoms with Crippen LogP contribution in [0.5, 0.6) is 0 Å². The number of rotatable bonds is 5. The van der Waals surface area contributed by atoms with Crippen LogP contribution in [-0.2, 0) is 4.74 Å². The standard InChI is InChI=1S/C13H20N4O2/c1-2-17(9-10-5-4-8-19-10)11-6-3-7-15-12(11)13(14)16-18/h3,6-7,10,18H,2,4-5,8-9H2,1H3,(H2,14,16). The second-order valence-electron chi connectivity index (χ2n) is 4.53. The molecule has 104 valence electrons. The Morgan fingerprint density at radius 1 is 1.68 bits per heavy atom. The van der Waals surface area contributed by atoms with Crippen molar-refractivity contribution >= 4 is 11.5 Å². The van der Waals surface area contributed by atoms with E-state index in [0.717, 1.165) is 38.2 Å². The van der Waals surface area contributed by atoms with Crippen LogP contribution < -0.4 is 10.6 Å². The van der Waals surface area contributed by atoms with Crippen LogP contribution in [0.15, 0.2) is 23.5 Å². The minimum atomic E-state index is 0.0291. The lowest BCUT2D eigenvalue weighted by molar-refractivity contribution is 0.115. The minimum Gasteiger partial charge on any atom is -0.409 e. The maximum atomic E-state index is 8.83. The van der Waals surface area contributed by atoms with Crippen molar-refractivity contribution < 1.29 is 9.94 Å². The zero-order chi connectivity index (χ0) is 13.7. The largest absolute Gasteiger partial charge is 0.409 e. The first kappa shape index (κ1) is 13.6. The first-order valence-corrected chi connectivity index (χ1v) is 6.55. The van der Waals surface area contributed by atoms with Gasteiger partial charge < -0.3 is 20.6 Å². The molecule has 0 amide bonds. The van der Waals surface area contributed by atoms with Crippen LogP contribution in [0.4, 0.5) is 5.69 Å². The Morgan fingerprint density at radius 2 is 2.53 bits per heavy atom. The van der Waals surface area contributed by atoms with E-state index in [1.54, 1.807) is 6.20 Å². The molecule has 0 radical (unpaired) electrons. The topological polar surface area (TPSA) is 84.0 Å². The predicted octanol–water partition coefficient (Wildman–Crippen LogP) is 1.18. The number of amidine groups is 1. The summed E-state index contributed by atoms with van der Waals surface area (Å²) in [6.45, 7) is 4.52. The summed E-state index contributed by atoms with van der Waals surface area (Å²) >= 11 is 0. The molecule has 2 heterocycles. The Kier molecular flexibility index (Phi) is 4.57. The lowest BCUT2D eigenvalue weighted by Gasteiger charge is -2.27. The third-order valence-electron chi connectivity index (χ3n) is 3.31. The van der Waals surface area contributed by atoms with Crippen molar-refractivity contribution in [1.29, 1.82) is 0 Å². The molecule has 1 unspecified atom stereocenters. The molecule has 6 heteroatoms. The van der Waals surface area contributed by atoms with Crippen molar-refractivity contribution in [2.75, 3.05) is 24.6 Å². The molecule has 1 saturated heterocycles. The average Bonchev–Trinajstić information content (AvgIpc) is 2.97. The van der Waals surface area contributed by atoms with Crippen molar-refractivity contribution in [3.8, 4) is 0 Å². The first-order valence-electron chi connectivity index (χ1n) is 6.55. The van der Waals surface area contributed by atoms with E-state index >= 15 is 0 Å². The Morgan fingerprint density at radius 3 is 3.16 bits per heavy atom. The van der Waals surface area contributed by atoms with Gasteiger partial charge in [-0.05, 0) is 31.9 Å². The summed E-state index contributed by atoms with van der Waals surface area (Å²) in [5.41, 5.74) is 7.05. The summed E-state index contributed by atoms with van der Waals surface area (Å²) < 4.78 is 5.66. The van der Waals surface area contributed by atoms with E-state index < -0.39 is 0 Å². The molecule has 6 nitrogen and oxygen atoms in total. The smallest absolute Gasteiger partial charge is 0.190 e. The molecule has 19 heavy (non-hydrogen) atoms. The third-order valence-corrected chi connectivity index (χ3v) is 3.31. The van der Waals surface area contributed by atoms with E-state index in [0.29, 0.717) is 5.69 Å². The van der Waals surface area contributed by atoms with Gasteiger partial charge in [-0.25, -0.2) is 0 Å². The molecule has 0 saturated carbocycles. The van der Waals surface area contributed by atoms with Gasteiger partial charge in [-0.3, -0.25) is 4.98 Å². The van der Waals surface area contributed by atoms with Crippen molar-refractivity contribution in [2.24, 2.45) is 10.9 Å². The molecule has 1 aromatic rings. The number of likely N-dealkylation sites (N-methyl/N-ethyl adjacent to an activating group) is 1. The zero-order valence-electron chi connectivity index (χ0n) is 11.1. The van der Waals surface area contributed by atoms with E-state index in [1.807, 2.05) is 12.1 Å². The average molecular weight is 264 g/mol. The highest BCUT2D eigenvalue weighted by Crippen LogP contribution is 2.21. The number of hydrogen-bond acceptors (Lipinski definition) is 5. The van der Waals surface area contributed by atoms with Gasteiger partial charge in [-0.1, -0.05) is 5.16 Å². The van der Waals surface area contributed by atoms with Gasteiger partial charge in [-0.2, -0.15) is 0 Å². The minimum absolute atomic E-state index is 0.0291. The number of pyridine rings is 1. The van der Waals surface area contributed by atoms with E-state index in [1.165, 1.54) is 0 Å². The van der Waals surface area contributed by atoms with Crippen LogP contribution in [-0.4, -0.2) is 41.8 Å². The number of hydrogen-bond donors (Lipinski definition) is 2. The van der Waals surface area contributed by atoms with Gasteiger partial charge in [0, 0.05) is 25.9 Å². The first-order chi connectivity index (χ1) is 9.26. The summed E-state index contributed by atoms with van der Waals surface area (Å²) in [6.07, 6.45) is 4.08. The van der Waals surface area contributed by atoms with Gasteiger partial charge in [0.2, 0.25) is 0 Å². The summed E-state index contributed by atoms with van der Waals surface area (Å²) in [5.74, 6) is 0.0291. The van der Waals surface area contributed by atoms with E-state index in [2.05, 4.69) is 22.0 Å². The number of nitrogens with two attached hydrogens (primary N) is 1. The van der Waals surface area contributed by atoms with Crippen LogP contribution in [0.1, 0.15) is 25.5 Å². The maximum Gasteiger partial charge on any atom is 0.190 e. The SMILES string of the molecule is CCN(CC1CCCO1)c1cccnc1/C(N)=N/O. The highest BCUT2D eigenvalue weighted by atomic mass is 16.5. The molecule has 3 N–H and O–H groups in total. The summed E-state index contributed by atoms with van der Waals surface area (Å²) in [4.78, 5) is 6.34. The van der Waals surface area contributed by atoms with Crippen molar-refractivity contribution in [2.45, 2.75) is 25.9 Å². The Bertz CT molecular complexity index is 444. The zero-order valence-corrected chi connectivity index (χ0v) is 11.1. The van der Waals surface area contributed by atoms with Gasteiger partial charge in [0.05, 0.1) is 11.8 Å². The molecular weight excluding hydrogens is 244 g/mol. The van der Waals surface area contributed by atoms with Gasteiger partial charge in [0.1, 0.15) is 5.69 Å². The van der Waals surface area contributed by atoms with Crippen LogP contribution >= 0.6 is 0 Å². The Balaban J connectivity index is 2.22. The third kappa shape index (κ3) is 3.14. The fraction of sp³-hybridized carbons (Fsp3) is 0.538. The fourth-order valence-electron chi connectivity index (χ4n) is 2.33. The van der Waals surface area contributed by atoms with Gasteiger partial charge in [0.25, 0.3) is 0 Å². The second-order valence-corrected chi connectivity index (χ2v) is 4.53. The molecule has 1 aliphatic rings. The number of anilines is 1. The number of aromatic nitrogens is 1. The normalized spacial score (nSPS) is 19.6. The highest BCUT2D eigenvalue weighted by Gasteiger charge is 2.21. The monoisotopic (exact) mass is 264 g/mol. The van der Waals surface area contributed by atoms with Gasteiger partial charge in [0.15, 0.2) is 5.84 Å². The van der Waals surface area contributed by atoms with Crippen LogP contribution in [0.25, 0.3) is 0 Å². The molecule has 1 fully saturated rings. The fourth-order valence-corrected chi connectivity index (χ4v) is 2.33. The molecule has 0 bridgehead atoms. The number of nitrogens with zero attached hydrogens (tertiary/aromatic N) is 3. The summed E-state index contributed by atoms with van der Waals surface area (Å²) in [5, 5.41) is 11.9. The molecular formula is C13H20N4O2. The molecule has 2 rings (SSSR count). The van der Waals surface area contributed by atoms with Crippen LogP contribution in [0.2, 0.25) is 0 Å². The quantitative estimate of drug-likeness (QED) is 0.361. The number of oxime groups is 1. The maximum absolute atomic E-state index is 8.83. The summed E-state index contributed by atoms with van der Waals surface area (Å²) in [7, 11) is 0. The Labute approximate surface area is 112 Å². The molecule has 0 aromatic carbocycles. The van der Waals surface area contributed by atoms with Crippen molar-refractivity contribution in [3.63, 3.8) is 0 Å². The van der Waals surface area contributed by atoms with Crippen LogP contribution in [0.3, 0.4) is 0 Å². The van der Waals surface area contributed by atoms with Crippen molar-refractivity contribution in [1.82, 2.24) is 4.98 Å². The lowest BCUT2D eigenvalue weighted by Crippen LogP contribution is -2.34. The number of ether oxygens (including phenoxy) is 1. The summed E-state index contributed by atoms with van der Waals surface area (Å²) in [6, 6.07) is 3.78. The molecule has 1 aromatic heterocycles. The van der Waals surface area contributed by atoms with Gasteiger partial charge >= 0.3 is 0 Å². The lowest BCUT2D eigenvalue weighted by atomic mass is 10.2. The van der Waals surface area contributed by atoms with E-state index in [4.69, 9.17) is 15.7 Å². The highest BCUT2D eigenvalue weighted by molar-refractivity contribution is 6.00. The van der Waals surface area contributed by atoms with Crippen LogP contribution in [0, 0.1) is 0 Å². The van der Waals surface area contributed by atoms with E-state index in [-0.39, 0.29) is 11.9 Å². The molecule has 1 atom stereocenters. The predicted molar refractivity (Wildman–Crippen MR) is 73.6 cm³/mol. The van der Waals surface area contributed by atoms with Crippen molar-refractivity contribution in [3.05, 3.63) is 24.0 Å². The molecule has 1 aliphatic heterocycles. The molecule has 0 spiro atoms. The van der Waals surface area contributed by atoms with E-state index in [9.17, 15) is 0 Å².